The van der Waals surface area contributed by atoms with Gasteiger partial charge in [-0.25, -0.2) is 0 Å². The van der Waals surface area contributed by atoms with Crippen LogP contribution in [-0.2, 0) is 20.8 Å². The van der Waals surface area contributed by atoms with Crippen molar-refractivity contribution in [2.24, 2.45) is 11.3 Å². The number of hydrogen-bond donors (Lipinski definition) is 3. The van der Waals surface area contributed by atoms with Crippen molar-refractivity contribution >= 4 is 17.7 Å². The van der Waals surface area contributed by atoms with E-state index >= 15 is 0 Å². The maximum Gasteiger partial charge on any atom is 0.243 e. The predicted octanol–water partition coefficient (Wildman–Crippen LogP) is 2.96. The van der Waals surface area contributed by atoms with Crippen LogP contribution >= 0.6 is 0 Å². The van der Waals surface area contributed by atoms with Crippen molar-refractivity contribution in [1.82, 2.24) is 16.0 Å². The standard InChI is InChI=1S/C24H37N3O3/c1-17(16-24(2,3)4)14-21(28)26-20(15-18-10-6-5-7-11-18)23(30)27-19-12-8-9-13-25-22(19)29/h5-7,10-11,17,19-20H,8-9,12-16H2,1-4H3,(H,25,29)(H,26,28)(H,27,30). The van der Waals surface area contributed by atoms with E-state index in [2.05, 4.69) is 43.6 Å². The van der Waals surface area contributed by atoms with E-state index in [-0.39, 0.29) is 29.1 Å². The van der Waals surface area contributed by atoms with E-state index in [4.69, 9.17) is 0 Å². The molecule has 3 unspecified atom stereocenters. The number of carbonyl (C=O) groups is 3. The summed E-state index contributed by atoms with van der Waals surface area (Å²) >= 11 is 0. The quantitative estimate of drug-likeness (QED) is 0.610. The summed E-state index contributed by atoms with van der Waals surface area (Å²) in [6.07, 6.45) is 4.10. The highest BCUT2D eigenvalue weighted by Gasteiger charge is 2.28. The highest BCUT2D eigenvalue weighted by molar-refractivity contribution is 5.92. The molecule has 166 valence electrons. The third kappa shape index (κ3) is 8.56. The van der Waals surface area contributed by atoms with E-state index in [1.807, 2.05) is 30.3 Å². The lowest BCUT2D eigenvalue weighted by molar-refractivity contribution is -0.132. The second-order valence-corrected chi connectivity index (χ2v) is 9.73. The molecule has 1 aliphatic heterocycles. The molecular formula is C24H37N3O3. The summed E-state index contributed by atoms with van der Waals surface area (Å²) < 4.78 is 0. The number of hydrogen-bond acceptors (Lipinski definition) is 3. The van der Waals surface area contributed by atoms with Crippen LogP contribution in [0.4, 0.5) is 0 Å². The zero-order valence-electron chi connectivity index (χ0n) is 18.8. The summed E-state index contributed by atoms with van der Waals surface area (Å²) in [5.74, 6) is -0.367. The van der Waals surface area contributed by atoms with Gasteiger partial charge < -0.3 is 16.0 Å². The molecule has 1 heterocycles. The van der Waals surface area contributed by atoms with Gasteiger partial charge in [0.05, 0.1) is 0 Å². The largest absolute Gasteiger partial charge is 0.354 e. The molecule has 3 atom stereocenters. The lowest BCUT2D eigenvalue weighted by atomic mass is 9.84. The minimum atomic E-state index is -0.710. The predicted molar refractivity (Wildman–Crippen MR) is 119 cm³/mol. The number of carbonyl (C=O) groups excluding carboxylic acids is 3. The van der Waals surface area contributed by atoms with Gasteiger partial charge in [0.1, 0.15) is 12.1 Å². The molecule has 1 aromatic carbocycles. The Kier molecular flexibility index (Phi) is 8.88. The van der Waals surface area contributed by atoms with E-state index in [0.29, 0.717) is 25.8 Å². The van der Waals surface area contributed by atoms with Crippen LogP contribution < -0.4 is 16.0 Å². The Labute approximate surface area is 180 Å². The fourth-order valence-electron chi connectivity index (χ4n) is 4.10. The first-order chi connectivity index (χ1) is 14.1. The molecule has 1 aliphatic rings. The molecular weight excluding hydrogens is 378 g/mol. The van der Waals surface area contributed by atoms with Gasteiger partial charge in [0.15, 0.2) is 0 Å². The van der Waals surface area contributed by atoms with E-state index in [1.54, 1.807) is 0 Å². The molecule has 0 spiro atoms. The zero-order valence-corrected chi connectivity index (χ0v) is 18.8. The normalized spacial score (nSPS) is 19.2. The van der Waals surface area contributed by atoms with Gasteiger partial charge in [-0.1, -0.05) is 58.0 Å². The van der Waals surface area contributed by atoms with Gasteiger partial charge in [0, 0.05) is 19.4 Å². The molecule has 0 aliphatic carbocycles. The average Bonchev–Trinajstić information content (AvgIpc) is 2.84. The molecule has 3 N–H and O–H groups in total. The Morgan fingerprint density at radius 3 is 2.53 bits per heavy atom. The summed E-state index contributed by atoms with van der Waals surface area (Å²) in [4.78, 5) is 37.9. The Balaban J connectivity index is 2.04. The van der Waals surface area contributed by atoms with Crippen LogP contribution in [0.15, 0.2) is 30.3 Å². The number of amides is 3. The van der Waals surface area contributed by atoms with Crippen LogP contribution in [-0.4, -0.2) is 36.3 Å². The minimum absolute atomic E-state index is 0.131. The van der Waals surface area contributed by atoms with Crippen molar-refractivity contribution < 1.29 is 14.4 Å². The van der Waals surface area contributed by atoms with Crippen molar-refractivity contribution in [3.05, 3.63) is 35.9 Å². The molecule has 1 saturated heterocycles. The number of rotatable bonds is 8. The molecule has 0 saturated carbocycles. The topological polar surface area (TPSA) is 87.3 Å². The Morgan fingerprint density at radius 1 is 1.17 bits per heavy atom. The first-order valence-electron chi connectivity index (χ1n) is 11.1. The van der Waals surface area contributed by atoms with Crippen LogP contribution in [0.25, 0.3) is 0 Å². The molecule has 3 amide bonds. The van der Waals surface area contributed by atoms with E-state index < -0.39 is 12.1 Å². The van der Waals surface area contributed by atoms with Gasteiger partial charge in [0.25, 0.3) is 0 Å². The average molecular weight is 416 g/mol. The summed E-state index contributed by atoms with van der Waals surface area (Å²) in [6, 6.07) is 8.36. The Bertz CT molecular complexity index is 712. The van der Waals surface area contributed by atoms with Crippen LogP contribution in [0.3, 0.4) is 0 Å². The SMILES string of the molecule is CC(CC(=O)NC(Cc1ccccc1)C(=O)NC1CCCCNC1=O)CC(C)(C)C. The van der Waals surface area contributed by atoms with Crippen molar-refractivity contribution in [3.8, 4) is 0 Å². The van der Waals surface area contributed by atoms with Gasteiger partial charge in [-0.05, 0) is 42.6 Å². The van der Waals surface area contributed by atoms with Crippen LogP contribution in [0, 0.1) is 11.3 Å². The molecule has 1 aromatic rings. The summed E-state index contributed by atoms with van der Waals surface area (Å²) in [6.45, 7) is 9.18. The Morgan fingerprint density at radius 2 is 1.87 bits per heavy atom. The van der Waals surface area contributed by atoms with Gasteiger partial charge in [-0.3, -0.25) is 14.4 Å². The highest BCUT2D eigenvalue weighted by Crippen LogP contribution is 2.25. The summed E-state index contributed by atoms with van der Waals surface area (Å²) in [5, 5.41) is 8.62. The molecule has 0 radical (unpaired) electrons. The van der Waals surface area contributed by atoms with Crippen LogP contribution in [0.2, 0.25) is 0 Å². The lowest BCUT2D eigenvalue weighted by Crippen LogP contribution is -2.54. The first-order valence-corrected chi connectivity index (χ1v) is 11.1. The second-order valence-electron chi connectivity index (χ2n) is 9.73. The van der Waals surface area contributed by atoms with E-state index in [1.165, 1.54) is 0 Å². The molecule has 6 heteroatoms. The van der Waals surface area contributed by atoms with Crippen molar-refractivity contribution in [3.63, 3.8) is 0 Å². The van der Waals surface area contributed by atoms with Gasteiger partial charge in [-0.2, -0.15) is 0 Å². The molecule has 1 fully saturated rings. The fraction of sp³-hybridized carbons (Fsp3) is 0.625. The van der Waals surface area contributed by atoms with Gasteiger partial charge in [0.2, 0.25) is 17.7 Å². The summed E-state index contributed by atoms with van der Waals surface area (Å²) in [5.41, 5.74) is 1.11. The number of benzene rings is 1. The first kappa shape index (κ1) is 23.9. The Hall–Kier alpha value is -2.37. The second kappa shape index (κ2) is 11.1. The zero-order chi connectivity index (χ0) is 22.1. The lowest BCUT2D eigenvalue weighted by Gasteiger charge is -2.25. The fourth-order valence-corrected chi connectivity index (χ4v) is 4.10. The maximum absolute atomic E-state index is 13.0. The van der Waals surface area contributed by atoms with Crippen LogP contribution in [0.5, 0.6) is 0 Å². The third-order valence-corrected chi connectivity index (χ3v) is 5.28. The van der Waals surface area contributed by atoms with Crippen molar-refractivity contribution in [2.45, 2.75) is 78.3 Å². The maximum atomic E-state index is 13.0. The van der Waals surface area contributed by atoms with Gasteiger partial charge in [-0.15, -0.1) is 0 Å². The molecule has 2 rings (SSSR count). The van der Waals surface area contributed by atoms with E-state index in [0.717, 1.165) is 24.8 Å². The van der Waals surface area contributed by atoms with Gasteiger partial charge >= 0.3 is 0 Å². The van der Waals surface area contributed by atoms with E-state index in [9.17, 15) is 14.4 Å². The monoisotopic (exact) mass is 415 g/mol. The van der Waals surface area contributed by atoms with Crippen molar-refractivity contribution in [1.29, 1.82) is 0 Å². The number of nitrogens with one attached hydrogen (secondary N) is 3. The smallest absolute Gasteiger partial charge is 0.243 e. The summed E-state index contributed by atoms with van der Waals surface area (Å²) in [7, 11) is 0. The molecule has 30 heavy (non-hydrogen) atoms. The van der Waals surface area contributed by atoms with Crippen molar-refractivity contribution in [2.75, 3.05) is 6.54 Å². The molecule has 6 nitrogen and oxygen atoms in total. The van der Waals surface area contributed by atoms with Crippen LogP contribution in [0.1, 0.15) is 65.4 Å². The molecule has 0 aromatic heterocycles. The third-order valence-electron chi connectivity index (χ3n) is 5.28. The highest BCUT2D eigenvalue weighted by atomic mass is 16.2. The molecule has 0 bridgehead atoms. The minimum Gasteiger partial charge on any atom is -0.354 e.